The van der Waals surface area contributed by atoms with E-state index in [1.54, 1.807) is 4.90 Å². The predicted octanol–water partition coefficient (Wildman–Crippen LogP) is 4.32. The van der Waals surface area contributed by atoms with E-state index in [9.17, 15) is 39.9 Å². The lowest BCUT2D eigenvalue weighted by molar-refractivity contribution is -0.376. The number of rotatable bonds is 4. The Hall–Kier alpha value is -1.61. The smallest absolute Gasteiger partial charge is 0.369 e. The fourth-order valence-corrected chi connectivity index (χ4v) is 5.28. The summed E-state index contributed by atoms with van der Waals surface area (Å²) in [5.41, 5.74) is -6.10. The van der Waals surface area contributed by atoms with Gasteiger partial charge in [0.25, 0.3) is 5.60 Å². The predicted molar refractivity (Wildman–Crippen MR) is 110 cm³/mol. The van der Waals surface area contributed by atoms with Gasteiger partial charge >= 0.3 is 12.4 Å². The molecule has 15 heteroatoms. The van der Waals surface area contributed by atoms with Crippen LogP contribution in [-0.4, -0.2) is 61.3 Å². The number of aromatic nitrogens is 1. The van der Waals surface area contributed by atoms with Crippen molar-refractivity contribution in [1.82, 2.24) is 9.29 Å². The number of halogens is 8. The lowest BCUT2D eigenvalue weighted by atomic mass is 9.92. The minimum atomic E-state index is -5.97. The van der Waals surface area contributed by atoms with Gasteiger partial charge in [0.15, 0.2) is 0 Å². The number of hydrogen-bond donors (Lipinski definition) is 1. The van der Waals surface area contributed by atoms with E-state index in [0.29, 0.717) is 16.6 Å². The highest BCUT2D eigenvalue weighted by atomic mass is 79.9. The summed E-state index contributed by atoms with van der Waals surface area (Å²) in [6.07, 6.45) is -10.8. The summed E-state index contributed by atoms with van der Waals surface area (Å²) in [6.45, 7) is 0.284. The lowest BCUT2D eigenvalue weighted by Crippen LogP contribution is -2.54. The summed E-state index contributed by atoms with van der Waals surface area (Å²) in [5.74, 6) is 0. The van der Waals surface area contributed by atoms with Crippen LogP contribution in [0.3, 0.4) is 0 Å². The summed E-state index contributed by atoms with van der Waals surface area (Å²) in [7, 11) is -3.89. The van der Waals surface area contributed by atoms with Crippen LogP contribution in [0, 0.1) is 0 Å². The Kier molecular flexibility index (Phi) is 6.99. The number of piperazine rings is 1. The zero-order chi connectivity index (χ0) is 24.8. The van der Waals surface area contributed by atoms with Crippen LogP contribution in [0.2, 0.25) is 5.15 Å². The van der Waals surface area contributed by atoms with E-state index in [2.05, 4.69) is 20.9 Å². The van der Waals surface area contributed by atoms with Crippen molar-refractivity contribution in [2.24, 2.45) is 0 Å². The summed E-state index contributed by atoms with van der Waals surface area (Å²) in [6, 6.07) is 4.44. The maximum Gasteiger partial charge on any atom is 0.430 e. The average Bonchev–Trinajstić information content (AvgIpc) is 2.73. The molecule has 1 aromatic heterocycles. The molecule has 1 N–H and O–H groups in total. The Balaban J connectivity index is 1.76. The average molecular weight is 583 g/mol. The number of hydrogen-bond acceptors (Lipinski definition) is 5. The number of sulfonamides is 1. The minimum Gasteiger partial charge on any atom is -0.369 e. The molecule has 0 atom stereocenters. The Labute approximate surface area is 197 Å². The molecule has 0 spiro atoms. The molecule has 182 valence electrons. The third-order valence-electron chi connectivity index (χ3n) is 5.12. The van der Waals surface area contributed by atoms with Crippen molar-refractivity contribution in [3.8, 4) is 0 Å². The summed E-state index contributed by atoms with van der Waals surface area (Å²) < 4.78 is 105. The number of anilines is 1. The monoisotopic (exact) mass is 581 g/mol. The quantitative estimate of drug-likeness (QED) is 0.430. The molecule has 0 bridgehead atoms. The van der Waals surface area contributed by atoms with Gasteiger partial charge in [-0.2, -0.15) is 30.6 Å². The first-order chi connectivity index (χ1) is 15.1. The molecule has 1 aliphatic rings. The van der Waals surface area contributed by atoms with E-state index in [1.807, 2.05) is 0 Å². The van der Waals surface area contributed by atoms with Crippen LogP contribution in [0.25, 0.3) is 0 Å². The minimum absolute atomic E-state index is 0.0133. The van der Waals surface area contributed by atoms with E-state index in [1.165, 1.54) is 10.4 Å². The van der Waals surface area contributed by atoms with Gasteiger partial charge < -0.3 is 10.0 Å². The van der Waals surface area contributed by atoms with E-state index < -0.39 is 33.5 Å². The summed E-state index contributed by atoms with van der Waals surface area (Å²) in [5, 5.41) is 9.56. The molecule has 0 unspecified atom stereocenters. The number of aliphatic hydroxyl groups is 1. The number of nitrogens with zero attached hydrogens (tertiary/aromatic N) is 3. The molecule has 6 nitrogen and oxygen atoms in total. The maximum atomic E-state index is 13.0. The zero-order valence-corrected chi connectivity index (χ0v) is 19.5. The van der Waals surface area contributed by atoms with Crippen molar-refractivity contribution in [3.05, 3.63) is 51.7 Å². The SMILES string of the molecule is O=S(=O)(c1cnc(Cl)c(Br)c1)N1CCN(c2ccc(C(O)(C(F)(F)F)C(F)(F)F)cc2)CC1. The highest BCUT2D eigenvalue weighted by Gasteiger charge is 2.71. The maximum absolute atomic E-state index is 13.0. The normalized spacial score (nSPS) is 16.8. The third kappa shape index (κ3) is 4.81. The van der Waals surface area contributed by atoms with Crippen LogP contribution in [-0.2, 0) is 15.6 Å². The van der Waals surface area contributed by atoms with Crippen LogP contribution in [0.15, 0.2) is 45.9 Å². The molecule has 0 radical (unpaired) electrons. The van der Waals surface area contributed by atoms with E-state index in [4.69, 9.17) is 11.6 Å². The molecule has 0 saturated carbocycles. The Morgan fingerprint density at radius 2 is 1.48 bits per heavy atom. The van der Waals surface area contributed by atoms with Crippen molar-refractivity contribution >= 4 is 43.2 Å². The van der Waals surface area contributed by atoms with Crippen molar-refractivity contribution in [2.45, 2.75) is 22.8 Å². The van der Waals surface area contributed by atoms with Gasteiger partial charge in [0.05, 0.1) is 4.47 Å². The van der Waals surface area contributed by atoms with Gasteiger partial charge in [0, 0.05) is 43.6 Å². The molecule has 1 aromatic carbocycles. The largest absolute Gasteiger partial charge is 0.430 e. The molecule has 0 aliphatic carbocycles. The standard InChI is InChI=1S/C18H15BrClF6N3O3S/c19-14-9-13(10-27-15(14)20)33(31,32)29-7-5-28(6-8-29)12-3-1-11(2-4-12)16(30,17(21,22)23)18(24,25)26/h1-4,9-10,30H,5-8H2. The van der Waals surface area contributed by atoms with Crippen LogP contribution in [0.5, 0.6) is 0 Å². The van der Waals surface area contributed by atoms with E-state index in [0.717, 1.165) is 18.3 Å². The summed E-state index contributed by atoms with van der Waals surface area (Å²) in [4.78, 5) is 5.30. The second-order valence-corrected chi connectivity index (χ2v) is 10.2. The molecule has 1 fully saturated rings. The molecule has 0 amide bonds. The van der Waals surface area contributed by atoms with Gasteiger partial charge in [-0.3, -0.25) is 0 Å². The van der Waals surface area contributed by atoms with E-state index in [-0.39, 0.29) is 41.9 Å². The number of benzene rings is 1. The first kappa shape index (κ1) is 26.0. The molecule has 2 heterocycles. The van der Waals surface area contributed by atoms with Gasteiger partial charge in [-0.05, 0) is 34.1 Å². The molecule has 1 aliphatic heterocycles. The highest BCUT2D eigenvalue weighted by molar-refractivity contribution is 9.10. The fourth-order valence-electron chi connectivity index (χ4n) is 3.28. The topological polar surface area (TPSA) is 73.7 Å². The first-order valence-corrected chi connectivity index (χ1v) is 11.7. The molecule has 1 saturated heterocycles. The zero-order valence-electron chi connectivity index (χ0n) is 16.3. The molecule has 33 heavy (non-hydrogen) atoms. The first-order valence-electron chi connectivity index (χ1n) is 9.11. The molecular weight excluding hydrogens is 568 g/mol. The van der Waals surface area contributed by atoms with Crippen LogP contribution < -0.4 is 4.90 Å². The Morgan fingerprint density at radius 1 is 0.970 bits per heavy atom. The highest BCUT2D eigenvalue weighted by Crippen LogP contribution is 2.50. The third-order valence-corrected chi connectivity index (χ3v) is 8.12. The Morgan fingerprint density at radius 3 is 1.94 bits per heavy atom. The van der Waals surface area contributed by atoms with Crippen molar-refractivity contribution in [3.63, 3.8) is 0 Å². The molecule has 3 rings (SSSR count). The van der Waals surface area contributed by atoms with Gasteiger partial charge in [0.2, 0.25) is 10.0 Å². The van der Waals surface area contributed by atoms with Gasteiger partial charge in [-0.15, -0.1) is 0 Å². The second kappa shape index (κ2) is 8.87. The van der Waals surface area contributed by atoms with Crippen LogP contribution >= 0.6 is 27.5 Å². The van der Waals surface area contributed by atoms with Crippen LogP contribution in [0.1, 0.15) is 5.56 Å². The van der Waals surface area contributed by atoms with Gasteiger partial charge in [-0.25, -0.2) is 13.4 Å². The Bertz CT molecular complexity index is 1110. The second-order valence-electron chi connectivity index (χ2n) is 7.09. The van der Waals surface area contributed by atoms with Gasteiger partial charge in [0.1, 0.15) is 10.0 Å². The van der Waals surface area contributed by atoms with Gasteiger partial charge in [-0.1, -0.05) is 23.7 Å². The molecule has 2 aromatic rings. The number of alkyl halides is 6. The van der Waals surface area contributed by atoms with Crippen molar-refractivity contribution in [2.75, 3.05) is 31.1 Å². The number of pyridine rings is 1. The van der Waals surface area contributed by atoms with Crippen LogP contribution in [0.4, 0.5) is 32.0 Å². The lowest BCUT2D eigenvalue weighted by Gasteiger charge is -2.36. The van der Waals surface area contributed by atoms with Crippen molar-refractivity contribution in [1.29, 1.82) is 0 Å². The fraction of sp³-hybridized carbons (Fsp3) is 0.389. The van der Waals surface area contributed by atoms with Crippen molar-refractivity contribution < 1.29 is 39.9 Å². The summed E-state index contributed by atoms with van der Waals surface area (Å²) >= 11 is 8.88. The molecular formula is C18H15BrClF6N3O3S. The van der Waals surface area contributed by atoms with E-state index >= 15 is 0 Å².